The second-order valence-corrected chi connectivity index (χ2v) is 7.75. The number of aryl methyl sites for hydroxylation is 2. The summed E-state index contributed by atoms with van der Waals surface area (Å²) in [5.41, 5.74) is 4.83. The van der Waals surface area contributed by atoms with Crippen LogP contribution in [0.1, 0.15) is 29.9 Å². The molecule has 0 aliphatic carbocycles. The van der Waals surface area contributed by atoms with Crippen molar-refractivity contribution in [3.63, 3.8) is 0 Å². The van der Waals surface area contributed by atoms with E-state index in [-0.39, 0.29) is 5.56 Å². The van der Waals surface area contributed by atoms with Gasteiger partial charge in [0, 0.05) is 24.2 Å². The average molecular weight is 373 g/mol. The molecule has 5 rings (SSSR count). The van der Waals surface area contributed by atoms with E-state index in [0.29, 0.717) is 17.1 Å². The highest BCUT2D eigenvalue weighted by molar-refractivity contribution is 5.87. The van der Waals surface area contributed by atoms with E-state index in [2.05, 4.69) is 21.5 Å². The van der Waals surface area contributed by atoms with Gasteiger partial charge in [-0.25, -0.2) is 4.98 Å². The summed E-state index contributed by atoms with van der Waals surface area (Å²) >= 11 is 0. The Hall–Kier alpha value is -2.99. The molecule has 2 aromatic heterocycles. The van der Waals surface area contributed by atoms with Gasteiger partial charge in [0.15, 0.2) is 0 Å². The van der Waals surface area contributed by atoms with E-state index in [0.717, 1.165) is 53.5 Å². The van der Waals surface area contributed by atoms with Crippen LogP contribution < -0.4 is 10.9 Å². The van der Waals surface area contributed by atoms with Crippen molar-refractivity contribution in [3.8, 4) is 11.4 Å². The van der Waals surface area contributed by atoms with Gasteiger partial charge in [-0.2, -0.15) is 5.10 Å². The molecule has 3 heterocycles. The van der Waals surface area contributed by atoms with E-state index in [1.54, 1.807) is 4.68 Å². The third-order valence-corrected chi connectivity index (χ3v) is 5.73. The summed E-state index contributed by atoms with van der Waals surface area (Å²) in [6, 6.07) is 10.2. The van der Waals surface area contributed by atoms with Crippen molar-refractivity contribution in [1.29, 1.82) is 0 Å². The molecule has 0 bridgehead atoms. The van der Waals surface area contributed by atoms with Crippen LogP contribution in [0.5, 0.6) is 0 Å². The number of hydrogen-bond acceptors (Lipinski definition) is 4. The highest BCUT2D eigenvalue weighted by Gasteiger charge is 2.17. The van der Waals surface area contributed by atoms with Crippen LogP contribution in [-0.4, -0.2) is 32.8 Å². The Morgan fingerprint density at radius 3 is 2.79 bits per heavy atom. The van der Waals surface area contributed by atoms with Crippen molar-refractivity contribution in [1.82, 2.24) is 25.1 Å². The molecule has 0 unspecified atom stereocenters. The third-order valence-electron chi connectivity index (χ3n) is 5.73. The number of benzene rings is 2. The number of piperidine rings is 1. The van der Waals surface area contributed by atoms with Crippen molar-refractivity contribution < 1.29 is 0 Å². The van der Waals surface area contributed by atoms with Gasteiger partial charge in [0.25, 0.3) is 5.56 Å². The summed E-state index contributed by atoms with van der Waals surface area (Å²) in [5.74, 6) is 1.11. The van der Waals surface area contributed by atoms with Crippen LogP contribution in [-0.2, 0) is 7.05 Å². The Kier molecular flexibility index (Phi) is 4.02. The predicted molar refractivity (Wildman–Crippen MR) is 112 cm³/mol. The molecule has 28 heavy (non-hydrogen) atoms. The van der Waals surface area contributed by atoms with E-state index in [1.165, 1.54) is 5.56 Å². The largest absolute Gasteiger partial charge is 0.317 e. The zero-order chi connectivity index (χ0) is 19.3. The van der Waals surface area contributed by atoms with Gasteiger partial charge in [-0.1, -0.05) is 6.07 Å². The molecule has 1 saturated heterocycles. The Morgan fingerprint density at radius 2 is 1.96 bits per heavy atom. The molecule has 0 radical (unpaired) electrons. The first kappa shape index (κ1) is 17.1. The van der Waals surface area contributed by atoms with Gasteiger partial charge in [-0.15, -0.1) is 0 Å². The van der Waals surface area contributed by atoms with Crippen LogP contribution in [0.15, 0.2) is 41.3 Å². The lowest BCUT2D eigenvalue weighted by atomic mass is 9.89. The summed E-state index contributed by atoms with van der Waals surface area (Å²) in [6.07, 6.45) is 4.20. The van der Waals surface area contributed by atoms with Crippen LogP contribution in [0.25, 0.3) is 33.2 Å². The maximum absolute atomic E-state index is 12.8. The lowest BCUT2D eigenvalue weighted by Gasteiger charge is -2.23. The van der Waals surface area contributed by atoms with Crippen molar-refractivity contribution in [3.05, 3.63) is 58.0 Å². The smallest absolute Gasteiger partial charge is 0.259 e. The molecule has 2 aromatic carbocycles. The highest BCUT2D eigenvalue weighted by atomic mass is 16.1. The minimum absolute atomic E-state index is 0.0836. The number of nitrogens with zero attached hydrogens (tertiary/aromatic N) is 3. The minimum Gasteiger partial charge on any atom is -0.317 e. The number of H-pyrrole nitrogens is 1. The van der Waals surface area contributed by atoms with Gasteiger partial charge in [0.1, 0.15) is 5.82 Å². The van der Waals surface area contributed by atoms with E-state index in [9.17, 15) is 4.79 Å². The molecular weight excluding hydrogens is 350 g/mol. The number of aromatic amines is 1. The maximum atomic E-state index is 12.8. The van der Waals surface area contributed by atoms with Crippen LogP contribution in [0, 0.1) is 6.92 Å². The molecule has 0 atom stereocenters. The highest BCUT2D eigenvalue weighted by Crippen LogP contribution is 2.28. The molecule has 6 nitrogen and oxygen atoms in total. The average Bonchev–Trinajstić information content (AvgIpc) is 3.09. The predicted octanol–water partition coefficient (Wildman–Crippen LogP) is 3.25. The molecule has 6 heteroatoms. The molecule has 1 aliphatic rings. The number of hydrogen-bond donors (Lipinski definition) is 2. The topological polar surface area (TPSA) is 75.6 Å². The van der Waals surface area contributed by atoms with Crippen LogP contribution in [0.2, 0.25) is 0 Å². The van der Waals surface area contributed by atoms with E-state index >= 15 is 0 Å². The summed E-state index contributed by atoms with van der Waals surface area (Å²) in [6.45, 7) is 4.10. The van der Waals surface area contributed by atoms with Crippen molar-refractivity contribution in [2.75, 3.05) is 13.1 Å². The molecule has 0 spiro atoms. The zero-order valence-corrected chi connectivity index (χ0v) is 16.1. The van der Waals surface area contributed by atoms with Crippen LogP contribution in [0.4, 0.5) is 0 Å². The Morgan fingerprint density at radius 1 is 1.14 bits per heavy atom. The lowest BCUT2D eigenvalue weighted by Crippen LogP contribution is -2.26. The molecule has 0 amide bonds. The molecule has 1 fully saturated rings. The summed E-state index contributed by atoms with van der Waals surface area (Å²) in [7, 11) is 1.91. The molecular formula is C22H23N5O. The normalized spacial score (nSPS) is 15.5. The van der Waals surface area contributed by atoms with Crippen molar-refractivity contribution >= 4 is 21.8 Å². The first-order valence-corrected chi connectivity index (χ1v) is 9.77. The van der Waals surface area contributed by atoms with E-state index < -0.39 is 0 Å². The molecule has 1 aliphatic heterocycles. The fourth-order valence-electron chi connectivity index (χ4n) is 4.27. The van der Waals surface area contributed by atoms with Gasteiger partial charge in [0.2, 0.25) is 0 Å². The zero-order valence-electron chi connectivity index (χ0n) is 16.1. The van der Waals surface area contributed by atoms with Gasteiger partial charge in [-0.3, -0.25) is 9.48 Å². The summed E-state index contributed by atoms with van der Waals surface area (Å²) in [4.78, 5) is 20.6. The van der Waals surface area contributed by atoms with Crippen LogP contribution >= 0.6 is 0 Å². The first-order chi connectivity index (χ1) is 13.6. The maximum Gasteiger partial charge on any atom is 0.259 e. The van der Waals surface area contributed by atoms with Gasteiger partial charge < -0.3 is 10.3 Å². The molecule has 142 valence electrons. The van der Waals surface area contributed by atoms with E-state index in [4.69, 9.17) is 4.98 Å². The second kappa shape index (κ2) is 6.56. The standard InChI is InChI=1S/C22H23N5O/c1-13-9-16(10-17-12-27(2)26-20(13)17)21-24-19-4-3-15(11-18(19)22(28)25-21)14-5-7-23-8-6-14/h3-4,9-12,14,23H,5-8H2,1-2H3,(H,24,25,28). The van der Waals surface area contributed by atoms with Gasteiger partial charge >= 0.3 is 0 Å². The SMILES string of the molecule is Cc1cc(-c2nc3ccc(C4CCNCC4)cc3c(=O)[nH]2)cc2cn(C)nc12. The monoisotopic (exact) mass is 373 g/mol. The van der Waals surface area contributed by atoms with Gasteiger partial charge in [-0.05, 0) is 74.2 Å². The number of fused-ring (bicyclic) bond motifs is 2. The first-order valence-electron chi connectivity index (χ1n) is 9.77. The molecule has 2 N–H and O–H groups in total. The fourth-order valence-corrected chi connectivity index (χ4v) is 4.27. The van der Waals surface area contributed by atoms with Crippen molar-refractivity contribution in [2.45, 2.75) is 25.7 Å². The summed E-state index contributed by atoms with van der Waals surface area (Å²) in [5, 5.41) is 9.59. The Bertz CT molecular complexity index is 1250. The third kappa shape index (κ3) is 2.90. The minimum atomic E-state index is -0.0836. The quantitative estimate of drug-likeness (QED) is 0.566. The van der Waals surface area contributed by atoms with E-state index in [1.807, 2.05) is 44.4 Å². The van der Waals surface area contributed by atoms with Crippen molar-refractivity contribution in [2.24, 2.45) is 7.05 Å². The number of nitrogens with one attached hydrogen (secondary N) is 2. The molecule has 4 aromatic rings. The van der Waals surface area contributed by atoms with Crippen LogP contribution in [0.3, 0.4) is 0 Å². The summed E-state index contributed by atoms with van der Waals surface area (Å²) < 4.78 is 1.81. The second-order valence-electron chi connectivity index (χ2n) is 7.75. The number of rotatable bonds is 2. The Balaban J connectivity index is 1.60. The Labute approximate surface area is 162 Å². The lowest BCUT2D eigenvalue weighted by molar-refractivity contribution is 0.460. The number of aromatic nitrogens is 4. The van der Waals surface area contributed by atoms with Gasteiger partial charge in [0.05, 0.1) is 16.4 Å². The molecule has 0 saturated carbocycles. The fraction of sp³-hybridized carbons (Fsp3) is 0.318.